The molecule has 0 bridgehead atoms. The van der Waals surface area contributed by atoms with Crippen LogP contribution in [0.5, 0.6) is 0 Å². The highest BCUT2D eigenvalue weighted by Crippen LogP contribution is 2.21. The standard InChI is InChI=1S/C11H20F2N2O5/c1-5-8(10(19)9(18)6(4-16)20-5)15-7(17)2-3-11(12,13)14/h5-6,8-10,16,18-19H,2-4,14H2,1H3,(H,15,17). The maximum Gasteiger partial charge on any atom is 0.300 e. The van der Waals surface area contributed by atoms with Gasteiger partial charge in [0.1, 0.15) is 18.3 Å². The Bertz CT molecular complexity index is 339. The van der Waals surface area contributed by atoms with E-state index in [4.69, 9.17) is 9.84 Å². The summed E-state index contributed by atoms with van der Waals surface area (Å²) in [6, 6.07) is -4.39. The summed E-state index contributed by atoms with van der Waals surface area (Å²) in [6.07, 6.45) is -5.72. The van der Waals surface area contributed by atoms with E-state index < -0.39 is 61.9 Å². The van der Waals surface area contributed by atoms with E-state index in [9.17, 15) is 23.8 Å². The van der Waals surface area contributed by atoms with Crippen molar-refractivity contribution in [1.29, 1.82) is 0 Å². The number of hydrogen-bond donors (Lipinski definition) is 5. The van der Waals surface area contributed by atoms with Gasteiger partial charge in [0.2, 0.25) is 5.91 Å². The fourth-order valence-corrected chi connectivity index (χ4v) is 2.04. The smallest absolute Gasteiger partial charge is 0.300 e. The first-order valence-electron chi connectivity index (χ1n) is 6.24. The number of aliphatic hydroxyl groups is 3. The molecule has 7 nitrogen and oxygen atoms in total. The Morgan fingerprint density at radius 3 is 2.50 bits per heavy atom. The van der Waals surface area contributed by atoms with Crippen LogP contribution in [0.15, 0.2) is 0 Å². The molecule has 118 valence electrons. The third kappa shape index (κ3) is 4.60. The van der Waals surface area contributed by atoms with Crippen molar-refractivity contribution >= 4 is 5.91 Å². The Kier molecular flexibility index (Phi) is 5.78. The highest BCUT2D eigenvalue weighted by atomic mass is 19.3. The summed E-state index contributed by atoms with van der Waals surface area (Å²) >= 11 is 0. The lowest BCUT2D eigenvalue weighted by atomic mass is 9.93. The number of aliphatic hydroxyl groups excluding tert-OH is 3. The van der Waals surface area contributed by atoms with Crippen LogP contribution >= 0.6 is 0 Å². The van der Waals surface area contributed by atoms with E-state index in [2.05, 4.69) is 11.1 Å². The zero-order chi connectivity index (χ0) is 15.5. The van der Waals surface area contributed by atoms with Crippen molar-refractivity contribution < 1.29 is 33.6 Å². The molecule has 5 atom stereocenters. The lowest BCUT2D eigenvalue weighted by molar-refractivity contribution is -0.190. The molecule has 6 N–H and O–H groups in total. The van der Waals surface area contributed by atoms with E-state index in [0.29, 0.717) is 0 Å². The van der Waals surface area contributed by atoms with E-state index in [-0.39, 0.29) is 0 Å². The third-order valence-electron chi connectivity index (χ3n) is 3.19. The molecular weight excluding hydrogens is 278 g/mol. The molecular formula is C11H20F2N2O5. The molecule has 1 aliphatic heterocycles. The van der Waals surface area contributed by atoms with Crippen LogP contribution in [-0.4, -0.2) is 64.3 Å². The van der Waals surface area contributed by atoms with Crippen molar-refractivity contribution in [2.45, 2.75) is 56.3 Å². The van der Waals surface area contributed by atoms with Gasteiger partial charge in [0.25, 0.3) is 0 Å². The molecule has 1 fully saturated rings. The Morgan fingerprint density at radius 1 is 1.40 bits per heavy atom. The minimum Gasteiger partial charge on any atom is -0.394 e. The fourth-order valence-electron chi connectivity index (χ4n) is 2.04. The molecule has 1 rings (SSSR count). The third-order valence-corrected chi connectivity index (χ3v) is 3.19. The first-order chi connectivity index (χ1) is 9.15. The molecule has 1 heterocycles. The predicted molar refractivity (Wildman–Crippen MR) is 63.7 cm³/mol. The molecule has 1 aliphatic rings. The highest BCUT2D eigenvalue weighted by Gasteiger charge is 2.43. The number of carbonyl (C=O) groups excluding carboxylic acids is 1. The van der Waals surface area contributed by atoms with Gasteiger partial charge in [-0.2, -0.15) is 8.78 Å². The lowest BCUT2D eigenvalue weighted by Gasteiger charge is -2.41. The molecule has 0 aromatic heterocycles. The minimum atomic E-state index is -3.44. The second-order valence-corrected chi connectivity index (χ2v) is 4.90. The summed E-state index contributed by atoms with van der Waals surface area (Å²) in [6.45, 7) is 1.04. The lowest BCUT2D eigenvalue weighted by Crippen LogP contribution is -2.63. The van der Waals surface area contributed by atoms with E-state index in [1.807, 2.05) is 0 Å². The number of rotatable bonds is 5. The average Bonchev–Trinajstić information content (AvgIpc) is 2.35. The molecule has 1 saturated heterocycles. The Hall–Kier alpha value is -0.870. The van der Waals surface area contributed by atoms with Crippen molar-refractivity contribution in [3.63, 3.8) is 0 Å². The number of alkyl halides is 2. The van der Waals surface area contributed by atoms with E-state index >= 15 is 0 Å². The fraction of sp³-hybridized carbons (Fsp3) is 0.909. The molecule has 20 heavy (non-hydrogen) atoms. The van der Waals surface area contributed by atoms with Crippen molar-refractivity contribution in [3.8, 4) is 0 Å². The van der Waals surface area contributed by atoms with Crippen molar-refractivity contribution in [2.24, 2.45) is 5.73 Å². The molecule has 0 saturated carbocycles. The van der Waals surface area contributed by atoms with Crippen LogP contribution in [0.1, 0.15) is 19.8 Å². The molecule has 0 radical (unpaired) electrons. The summed E-state index contributed by atoms with van der Waals surface area (Å²) in [4.78, 5) is 11.5. The normalized spacial score (nSPS) is 34.9. The van der Waals surface area contributed by atoms with Gasteiger partial charge in [-0.3, -0.25) is 10.5 Å². The number of nitrogens with one attached hydrogen (secondary N) is 1. The van der Waals surface area contributed by atoms with Gasteiger partial charge in [0, 0.05) is 12.8 Å². The number of hydrogen-bond acceptors (Lipinski definition) is 6. The van der Waals surface area contributed by atoms with Crippen molar-refractivity contribution in [1.82, 2.24) is 5.32 Å². The average molecular weight is 298 g/mol. The van der Waals surface area contributed by atoms with Gasteiger partial charge in [0.05, 0.1) is 18.8 Å². The Balaban J connectivity index is 2.56. The maximum atomic E-state index is 12.4. The zero-order valence-corrected chi connectivity index (χ0v) is 11.0. The van der Waals surface area contributed by atoms with Gasteiger partial charge in [0.15, 0.2) is 0 Å². The van der Waals surface area contributed by atoms with Crippen LogP contribution in [-0.2, 0) is 9.53 Å². The van der Waals surface area contributed by atoms with Crippen LogP contribution < -0.4 is 11.1 Å². The molecule has 1 amide bonds. The zero-order valence-electron chi connectivity index (χ0n) is 11.0. The maximum absolute atomic E-state index is 12.4. The van der Waals surface area contributed by atoms with E-state index in [0.717, 1.165) is 0 Å². The molecule has 0 aromatic rings. The Labute approximate surface area is 114 Å². The predicted octanol–water partition coefficient (Wildman–Crippen LogP) is -1.70. The number of ether oxygens (including phenoxy) is 1. The Morgan fingerprint density at radius 2 is 2.00 bits per heavy atom. The van der Waals surface area contributed by atoms with Gasteiger partial charge < -0.3 is 25.4 Å². The van der Waals surface area contributed by atoms with Gasteiger partial charge in [-0.05, 0) is 6.92 Å². The summed E-state index contributed by atoms with van der Waals surface area (Å²) in [7, 11) is 0. The molecule has 0 spiro atoms. The topological polar surface area (TPSA) is 125 Å². The minimum absolute atomic E-state index is 0.484. The first kappa shape index (κ1) is 17.2. The van der Waals surface area contributed by atoms with Gasteiger partial charge >= 0.3 is 6.05 Å². The van der Waals surface area contributed by atoms with Crippen LogP contribution in [0.25, 0.3) is 0 Å². The monoisotopic (exact) mass is 298 g/mol. The SMILES string of the molecule is CC1OC(CO)C(O)C(O)C1NC(=O)CCC(N)(F)F. The van der Waals surface area contributed by atoms with Gasteiger partial charge in [-0.25, -0.2) is 0 Å². The number of carbonyl (C=O) groups is 1. The quantitative estimate of drug-likeness (QED) is 0.385. The van der Waals surface area contributed by atoms with Crippen LogP contribution in [0.3, 0.4) is 0 Å². The van der Waals surface area contributed by atoms with Crippen molar-refractivity contribution in [2.75, 3.05) is 6.61 Å². The second kappa shape index (κ2) is 6.72. The van der Waals surface area contributed by atoms with Gasteiger partial charge in [-0.1, -0.05) is 0 Å². The highest BCUT2D eigenvalue weighted by molar-refractivity contribution is 5.76. The molecule has 5 unspecified atom stereocenters. The molecule has 9 heteroatoms. The largest absolute Gasteiger partial charge is 0.394 e. The molecule has 0 aromatic carbocycles. The number of amides is 1. The summed E-state index contributed by atoms with van der Waals surface area (Å²) < 4.78 is 30.1. The number of halogens is 2. The van der Waals surface area contributed by atoms with Gasteiger partial charge in [-0.15, -0.1) is 0 Å². The van der Waals surface area contributed by atoms with E-state index in [1.165, 1.54) is 6.92 Å². The second-order valence-electron chi connectivity index (χ2n) is 4.90. The number of nitrogens with two attached hydrogens (primary N) is 1. The van der Waals surface area contributed by atoms with Crippen LogP contribution in [0.4, 0.5) is 8.78 Å². The van der Waals surface area contributed by atoms with Crippen LogP contribution in [0.2, 0.25) is 0 Å². The summed E-state index contributed by atoms with van der Waals surface area (Å²) in [5, 5.41) is 30.8. The summed E-state index contributed by atoms with van der Waals surface area (Å²) in [5.41, 5.74) is 4.47. The molecule has 0 aliphatic carbocycles. The summed E-state index contributed by atoms with van der Waals surface area (Å²) in [5.74, 6) is -0.732. The van der Waals surface area contributed by atoms with Crippen molar-refractivity contribution in [3.05, 3.63) is 0 Å². The van der Waals surface area contributed by atoms with Crippen LogP contribution in [0, 0.1) is 0 Å². The first-order valence-corrected chi connectivity index (χ1v) is 6.24. The van der Waals surface area contributed by atoms with E-state index in [1.54, 1.807) is 0 Å².